The van der Waals surface area contributed by atoms with Crippen LogP contribution < -0.4 is 10.5 Å². The minimum absolute atomic E-state index is 0.262. The smallest absolute Gasteiger partial charge is 0.409 e. The van der Waals surface area contributed by atoms with E-state index in [4.69, 9.17) is 19.9 Å². The van der Waals surface area contributed by atoms with Crippen LogP contribution in [0.25, 0.3) is 10.8 Å². The number of amides is 2. The minimum Gasteiger partial charge on any atom is -0.493 e. The highest BCUT2D eigenvalue weighted by atomic mass is 16.6. The summed E-state index contributed by atoms with van der Waals surface area (Å²) < 4.78 is 15.7. The highest BCUT2D eigenvalue weighted by molar-refractivity contribution is 6.14. The zero-order valence-corrected chi connectivity index (χ0v) is 20.8. The number of ether oxygens (including phenoxy) is 3. The number of carbonyl (C=O) groups is 4. The predicted molar refractivity (Wildman–Crippen MR) is 134 cm³/mol. The fraction of sp³-hybridized carbons (Fsp3) is 0.462. The molecule has 0 spiro atoms. The Balaban J connectivity index is 1.61. The zero-order valence-electron chi connectivity index (χ0n) is 20.8. The van der Waals surface area contributed by atoms with Crippen LogP contribution in [0.1, 0.15) is 43.5 Å². The van der Waals surface area contributed by atoms with Crippen LogP contribution in [0.2, 0.25) is 0 Å². The Labute approximate surface area is 210 Å². The number of hydrogen-bond acceptors (Lipinski definition) is 8. The van der Waals surface area contributed by atoms with Crippen molar-refractivity contribution in [3.8, 4) is 5.75 Å². The highest BCUT2D eigenvalue weighted by Gasteiger charge is 2.27. The highest BCUT2D eigenvalue weighted by Crippen LogP contribution is 2.32. The average molecular weight is 500 g/mol. The van der Waals surface area contributed by atoms with E-state index in [9.17, 15) is 19.2 Å². The van der Waals surface area contributed by atoms with Crippen molar-refractivity contribution in [3.63, 3.8) is 0 Å². The molecule has 1 fully saturated rings. The van der Waals surface area contributed by atoms with E-state index >= 15 is 0 Å². The van der Waals surface area contributed by atoms with Gasteiger partial charge in [-0.2, -0.15) is 0 Å². The second-order valence-electron chi connectivity index (χ2n) is 8.30. The molecule has 2 amide bonds. The van der Waals surface area contributed by atoms with Gasteiger partial charge in [0.25, 0.3) is 0 Å². The largest absolute Gasteiger partial charge is 0.493 e. The first-order valence-corrected chi connectivity index (χ1v) is 12.2. The molecule has 2 N–H and O–H groups in total. The van der Waals surface area contributed by atoms with E-state index in [0.717, 1.165) is 5.39 Å². The maximum Gasteiger partial charge on any atom is 0.409 e. The van der Waals surface area contributed by atoms with Crippen LogP contribution in [0.4, 0.5) is 10.5 Å². The first-order valence-electron chi connectivity index (χ1n) is 12.2. The molecular weight excluding hydrogens is 466 g/mol. The number of ketones is 1. The SMILES string of the molecule is CCOC(=O)CCCOc1cccc2c(N)c(C(=O)CC(=O)N3CCN(C(=O)OCC)CC3)ccc12. The van der Waals surface area contributed by atoms with Gasteiger partial charge in [-0.25, -0.2) is 4.79 Å². The van der Waals surface area contributed by atoms with Crippen molar-refractivity contribution >= 4 is 40.2 Å². The monoisotopic (exact) mass is 499 g/mol. The number of anilines is 1. The van der Waals surface area contributed by atoms with E-state index in [2.05, 4.69) is 0 Å². The lowest BCUT2D eigenvalue weighted by molar-refractivity contribution is -0.143. The van der Waals surface area contributed by atoms with E-state index < -0.39 is 6.09 Å². The van der Waals surface area contributed by atoms with Gasteiger partial charge in [0.15, 0.2) is 5.78 Å². The quantitative estimate of drug-likeness (QED) is 0.174. The van der Waals surface area contributed by atoms with Crippen molar-refractivity contribution in [2.75, 3.05) is 51.7 Å². The number of piperazine rings is 1. The van der Waals surface area contributed by atoms with Crippen molar-refractivity contribution in [1.29, 1.82) is 0 Å². The molecule has 0 aliphatic carbocycles. The lowest BCUT2D eigenvalue weighted by Gasteiger charge is -2.34. The van der Waals surface area contributed by atoms with Crippen LogP contribution in [-0.2, 0) is 19.1 Å². The van der Waals surface area contributed by atoms with Crippen molar-refractivity contribution in [2.24, 2.45) is 0 Å². The van der Waals surface area contributed by atoms with Crippen LogP contribution in [0, 0.1) is 0 Å². The maximum absolute atomic E-state index is 12.9. The van der Waals surface area contributed by atoms with Crippen LogP contribution in [-0.4, -0.2) is 79.6 Å². The lowest BCUT2D eigenvalue weighted by atomic mass is 9.99. The van der Waals surface area contributed by atoms with E-state index in [1.54, 1.807) is 54.0 Å². The molecule has 0 unspecified atom stereocenters. The number of rotatable bonds is 10. The first-order chi connectivity index (χ1) is 17.3. The molecule has 10 heteroatoms. The van der Waals surface area contributed by atoms with E-state index in [1.807, 2.05) is 0 Å². The number of benzene rings is 2. The van der Waals surface area contributed by atoms with Gasteiger partial charge in [0.2, 0.25) is 5.91 Å². The van der Waals surface area contributed by atoms with Gasteiger partial charge < -0.3 is 29.7 Å². The third-order valence-electron chi connectivity index (χ3n) is 5.92. The Morgan fingerprint density at radius 1 is 0.889 bits per heavy atom. The van der Waals surface area contributed by atoms with Gasteiger partial charge in [-0.3, -0.25) is 14.4 Å². The van der Waals surface area contributed by atoms with Gasteiger partial charge in [-0.05, 0) is 38.5 Å². The third-order valence-corrected chi connectivity index (χ3v) is 5.92. The van der Waals surface area contributed by atoms with Gasteiger partial charge in [-0.1, -0.05) is 12.1 Å². The normalized spacial score (nSPS) is 13.4. The summed E-state index contributed by atoms with van der Waals surface area (Å²) in [6, 6.07) is 8.73. The molecule has 2 aromatic carbocycles. The van der Waals surface area contributed by atoms with Gasteiger partial charge in [0, 0.05) is 48.9 Å². The number of esters is 1. The minimum atomic E-state index is -0.396. The van der Waals surface area contributed by atoms with E-state index in [-0.39, 0.29) is 41.8 Å². The average Bonchev–Trinajstić information content (AvgIpc) is 2.87. The summed E-state index contributed by atoms with van der Waals surface area (Å²) in [7, 11) is 0. The topological polar surface area (TPSA) is 128 Å². The van der Waals surface area contributed by atoms with Crippen molar-refractivity contribution in [2.45, 2.75) is 33.1 Å². The van der Waals surface area contributed by atoms with Crippen molar-refractivity contribution in [3.05, 3.63) is 35.9 Å². The fourth-order valence-corrected chi connectivity index (χ4v) is 4.05. The number of fused-ring (bicyclic) bond motifs is 1. The standard InChI is InChI=1S/C26H33N3O7/c1-3-34-24(32)9-6-16-36-22-8-5-7-19-18(22)10-11-20(25(19)27)21(30)17-23(31)28-12-14-29(15-13-28)26(33)35-4-2/h5,7-8,10-11H,3-4,6,9,12-17,27H2,1-2H3. The Hall–Kier alpha value is -3.82. The molecule has 1 aliphatic heterocycles. The number of Topliss-reactive ketones (excluding diaryl/α,β-unsaturated/α-hetero) is 1. The molecule has 0 atom stereocenters. The van der Waals surface area contributed by atoms with Crippen LogP contribution in [0.3, 0.4) is 0 Å². The van der Waals surface area contributed by atoms with E-state index in [0.29, 0.717) is 63.6 Å². The Morgan fingerprint density at radius 3 is 2.28 bits per heavy atom. The van der Waals surface area contributed by atoms with Gasteiger partial charge >= 0.3 is 12.1 Å². The molecule has 1 aliphatic rings. The molecule has 10 nitrogen and oxygen atoms in total. The second kappa shape index (κ2) is 12.8. The molecule has 0 aromatic heterocycles. The maximum atomic E-state index is 12.9. The molecule has 1 saturated heterocycles. The van der Waals surface area contributed by atoms with Crippen LogP contribution >= 0.6 is 0 Å². The Morgan fingerprint density at radius 2 is 1.58 bits per heavy atom. The summed E-state index contributed by atoms with van der Waals surface area (Å²) in [4.78, 5) is 52.1. The fourth-order valence-electron chi connectivity index (χ4n) is 4.05. The summed E-state index contributed by atoms with van der Waals surface area (Å²) in [5.41, 5.74) is 6.89. The summed E-state index contributed by atoms with van der Waals surface area (Å²) in [5, 5.41) is 1.39. The zero-order chi connectivity index (χ0) is 26.1. The van der Waals surface area contributed by atoms with Gasteiger partial charge in [0.1, 0.15) is 5.75 Å². The number of carbonyl (C=O) groups excluding carboxylic acids is 4. The third kappa shape index (κ3) is 6.65. The van der Waals surface area contributed by atoms with Crippen molar-refractivity contribution < 1.29 is 33.4 Å². The number of hydrogen-bond donors (Lipinski definition) is 1. The molecule has 0 radical (unpaired) electrons. The summed E-state index contributed by atoms with van der Waals surface area (Å²) in [5.74, 6) is -0.339. The summed E-state index contributed by atoms with van der Waals surface area (Å²) in [6.45, 7) is 5.88. The number of nitrogens with zero attached hydrogens (tertiary/aromatic N) is 2. The van der Waals surface area contributed by atoms with Gasteiger partial charge in [-0.15, -0.1) is 0 Å². The molecule has 0 saturated carbocycles. The predicted octanol–water partition coefficient (Wildman–Crippen LogP) is 3.02. The molecule has 0 bridgehead atoms. The summed E-state index contributed by atoms with van der Waals surface area (Å²) >= 11 is 0. The molecule has 36 heavy (non-hydrogen) atoms. The van der Waals surface area contributed by atoms with E-state index in [1.165, 1.54) is 0 Å². The first kappa shape index (κ1) is 26.8. The Kier molecular flexibility index (Phi) is 9.49. The lowest BCUT2D eigenvalue weighted by Crippen LogP contribution is -2.51. The molecule has 3 rings (SSSR count). The van der Waals surface area contributed by atoms with Crippen LogP contribution in [0.15, 0.2) is 30.3 Å². The molecule has 1 heterocycles. The Bertz CT molecular complexity index is 1110. The van der Waals surface area contributed by atoms with Gasteiger partial charge in [0.05, 0.1) is 31.9 Å². The second-order valence-corrected chi connectivity index (χ2v) is 8.30. The molecule has 194 valence electrons. The summed E-state index contributed by atoms with van der Waals surface area (Å²) in [6.07, 6.45) is 0.0778. The number of nitrogens with two attached hydrogens (primary N) is 1. The van der Waals surface area contributed by atoms with Crippen molar-refractivity contribution in [1.82, 2.24) is 9.80 Å². The van der Waals surface area contributed by atoms with Crippen LogP contribution in [0.5, 0.6) is 5.75 Å². The molecule has 2 aromatic rings. The number of nitrogen functional groups attached to an aromatic ring is 1. The molecular formula is C26H33N3O7.